The summed E-state index contributed by atoms with van der Waals surface area (Å²) >= 11 is 7.17. The van der Waals surface area contributed by atoms with Crippen molar-refractivity contribution in [3.8, 4) is 40.5 Å². The van der Waals surface area contributed by atoms with Gasteiger partial charge in [0.15, 0.2) is 6.10 Å². The SMILES string of the molecule is CC(NC(=O)CN)C(=O)O[C@H](COC(=O)[C@H](C)NC(=O)CN)COc1ccc(-c2c(C#N)c(N)nc(SCc3coc(-c4ccc(Cl)cc4)n3)c2C#N)cc1.Cl.Cl. The van der Waals surface area contributed by atoms with Gasteiger partial charge in [0.25, 0.3) is 0 Å². The highest BCUT2D eigenvalue weighted by atomic mass is 35.5. The zero-order chi connectivity index (χ0) is 40.1. The normalized spacial score (nSPS) is 11.8. The molecule has 57 heavy (non-hydrogen) atoms. The highest BCUT2D eigenvalue weighted by Crippen LogP contribution is 2.37. The fourth-order valence-electron chi connectivity index (χ4n) is 4.74. The molecule has 3 atom stereocenters. The number of carbonyl (C=O) groups excluding carboxylic acids is 4. The second-order valence-corrected chi connectivity index (χ2v) is 13.0. The number of halogens is 3. The lowest BCUT2D eigenvalue weighted by molar-refractivity contribution is -0.163. The molecule has 8 N–H and O–H groups in total. The molecular formula is C36H38Cl3N9O8S. The molecule has 0 radical (unpaired) electrons. The highest BCUT2D eigenvalue weighted by molar-refractivity contribution is 7.98. The molecule has 0 fully saturated rings. The number of nitrogen functional groups attached to an aromatic ring is 1. The zero-order valence-corrected chi connectivity index (χ0v) is 33.6. The smallest absolute Gasteiger partial charge is 0.328 e. The summed E-state index contributed by atoms with van der Waals surface area (Å²) < 4.78 is 22.2. The molecule has 17 nitrogen and oxygen atoms in total. The fourth-order valence-corrected chi connectivity index (χ4v) is 5.74. The molecule has 4 aromatic rings. The number of anilines is 1. The lowest BCUT2D eigenvalue weighted by Crippen LogP contribution is -2.45. The Balaban J connectivity index is 0.00000561. The number of hydrogen-bond donors (Lipinski definition) is 5. The van der Waals surface area contributed by atoms with Crippen LogP contribution in [0.2, 0.25) is 5.02 Å². The number of amides is 2. The predicted octanol–water partition coefficient (Wildman–Crippen LogP) is 3.28. The highest BCUT2D eigenvalue weighted by Gasteiger charge is 2.26. The number of esters is 2. The molecule has 0 spiro atoms. The van der Waals surface area contributed by atoms with Gasteiger partial charge >= 0.3 is 11.9 Å². The van der Waals surface area contributed by atoms with E-state index in [1.165, 1.54) is 31.9 Å². The predicted molar refractivity (Wildman–Crippen MR) is 214 cm³/mol. The van der Waals surface area contributed by atoms with Crippen LogP contribution in [0.3, 0.4) is 0 Å². The van der Waals surface area contributed by atoms with Crippen LogP contribution >= 0.6 is 48.2 Å². The molecular weight excluding hydrogens is 825 g/mol. The molecule has 2 aromatic heterocycles. The van der Waals surface area contributed by atoms with Gasteiger partial charge in [-0.3, -0.25) is 9.59 Å². The Labute approximate surface area is 348 Å². The van der Waals surface area contributed by atoms with Gasteiger partial charge in [-0.05, 0) is 55.8 Å². The Morgan fingerprint density at radius 2 is 1.44 bits per heavy atom. The number of pyridine rings is 1. The Morgan fingerprint density at radius 3 is 2.02 bits per heavy atom. The lowest BCUT2D eigenvalue weighted by atomic mass is 9.97. The van der Waals surface area contributed by atoms with Crippen molar-refractivity contribution < 1.29 is 37.8 Å². The molecule has 0 bridgehead atoms. The summed E-state index contributed by atoms with van der Waals surface area (Å²) in [6.07, 6.45) is 0.335. The third-order valence-corrected chi connectivity index (χ3v) is 8.78. The van der Waals surface area contributed by atoms with Crippen LogP contribution in [0.25, 0.3) is 22.6 Å². The van der Waals surface area contributed by atoms with Gasteiger partial charge in [0.1, 0.15) is 65.9 Å². The number of aromatic nitrogens is 2. The number of nitrogens with zero attached hydrogens (tertiary/aromatic N) is 4. The molecule has 2 heterocycles. The topological polar surface area (TPSA) is 285 Å². The van der Waals surface area contributed by atoms with Crippen molar-refractivity contribution >= 4 is 77.7 Å². The van der Waals surface area contributed by atoms with Crippen molar-refractivity contribution in [3.05, 3.63) is 76.6 Å². The van der Waals surface area contributed by atoms with Crippen molar-refractivity contribution in [2.45, 2.75) is 42.8 Å². The number of rotatable bonds is 17. The van der Waals surface area contributed by atoms with Crippen LogP contribution in [0.5, 0.6) is 5.75 Å². The van der Waals surface area contributed by atoms with E-state index >= 15 is 0 Å². The first-order valence-electron chi connectivity index (χ1n) is 16.4. The third kappa shape index (κ3) is 13.2. The minimum atomic E-state index is -1.16. The molecule has 1 unspecified atom stereocenters. The minimum absolute atomic E-state index is 0. The van der Waals surface area contributed by atoms with E-state index in [0.717, 1.165) is 5.56 Å². The first-order chi connectivity index (χ1) is 26.4. The van der Waals surface area contributed by atoms with Gasteiger partial charge in [0, 0.05) is 21.9 Å². The Morgan fingerprint density at radius 1 is 0.860 bits per heavy atom. The number of nitriles is 2. The van der Waals surface area contributed by atoms with E-state index in [2.05, 4.69) is 26.7 Å². The summed E-state index contributed by atoms with van der Waals surface area (Å²) in [4.78, 5) is 57.3. The molecule has 0 aliphatic carbocycles. The Kier molecular flexibility index (Phi) is 19.0. The molecule has 302 valence electrons. The van der Waals surface area contributed by atoms with Crippen molar-refractivity contribution in [2.75, 3.05) is 32.0 Å². The van der Waals surface area contributed by atoms with Gasteiger partial charge in [-0.15, -0.1) is 24.8 Å². The molecule has 0 aliphatic heterocycles. The number of thioether (sulfide) groups is 1. The Hall–Kier alpha value is -5.60. The van der Waals surface area contributed by atoms with E-state index in [4.69, 9.17) is 47.4 Å². The lowest BCUT2D eigenvalue weighted by Gasteiger charge is -2.22. The van der Waals surface area contributed by atoms with Crippen LogP contribution in [0, 0.1) is 22.7 Å². The number of benzene rings is 2. The summed E-state index contributed by atoms with van der Waals surface area (Å²) in [5.74, 6) is -1.97. The maximum atomic E-state index is 12.7. The van der Waals surface area contributed by atoms with Crippen LogP contribution < -0.4 is 32.6 Å². The number of ether oxygens (including phenoxy) is 3. The first-order valence-corrected chi connectivity index (χ1v) is 17.8. The van der Waals surface area contributed by atoms with E-state index in [1.807, 2.05) is 6.07 Å². The van der Waals surface area contributed by atoms with E-state index in [9.17, 15) is 29.7 Å². The van der Waals surface area contributed by atoms with Crippen molar-refractivity contribution in [2.24, 2.45) is 11.5 Å². The standard InChI is InChI=1S/C36H36ClN9O8S.2ClH/c1-19(43-29(47)13-40)35(49)53-17-26(54-36(50)20(2)44-30(48)14-41)16-51-25-9-5-21(6-10-25)31-27(11-38)32(42)46-34(28(31)12-39)55-18-24-15-52-33(45-24)22-3-7-23(37)8-4-22;;/h3-10,15,19-20,26H,13-14,16-18,40-41H2,1-2H3,(H2,42,46)(H,43,47)(H,44,48);2*1H/t19-,20?,26-;;/m0../s1. The van der Waals surface area contributed by atoms with Crippen LogP contribution in [0.4, 0.5) is 5.82 Å². The molecule has 0 saturated heterocycles. The molecule has 0 aliphatic rings. The van der Waals surface area contributed by atoms with Crippen LogP contribution in [0.1, 0.15) is 30.7 Å². The van der Waals surface area contributed by atoms with Crippen molar-refractivity contribution in [1.82, 2.24) is 20.6 Å². The molecule has 2 aromatic carbocycles. The van der Waals surface area contributed by atoms with Crippen LogP contribution in [-0.2, 0) is 34.4 Å². The molecule has 21 heteroatoms. The molecule has 4 rings (SSSR count). The molecule has 0 saturated carbocycles. The number of nitrogens with one attached hydrogen (secondary N) is 2. The summed E-state index contributed by atoms with van der Waals surface area (Å²) in [7, 11) is 0. The third-order valence-electron chi connectivity index (χ3n) is 7.52. The quantitative estimate of drug-likeness (QED) is 0.0752. The summed E-state index contributed by atoms with van der Waals surface area (Å²) in [5, 5.41) is 25.8. The first kappa shape index (κ1) is 47.6. The van der Waals surface area contributed by atoms with E-state index in [1.54, 1.807) is 48.5 Å². The fraction of sp³-hybridized carbons (Fsp3) is 0.278. The zero-order valence-electron chi connectivity index (χ0n) is 30.4. The maximum Gasteiger partial charge on any atom is 0.328 e. The van der Waals surface area contributed by atoms with E-state index in [0.29, 0.717) is 22.2 Å². The van der Waals surface area contributed by atoms with Gasteiger partial charge in [-0.25, -0.2) is 19.6 Å². The molecule has 2 amide bonds. The summed E-state index contributed by atoms with van der Waals surface area (Å²) in [6.45, 7) is 1.32. The number of oxazole rings is 1. The van der Waals surface area contributed by atoms with Gasteiger partial charge in [0.05, 0.1) is 24.3 Å². The second-order valence-electron chi connectivity index (χ2n) is 11.6. The van der Waals surface area contributed by atoms with Gasteiger partial charge in [0.2, 0.25) is 17.7 Å². The summed E-state index contributed by atoms with van der Waals surface area (Å²) in [6, 6.07) is 15.4. The number of hydrogen-bond acceptors (Lipinski definition) is 16. The van der Waals surface area contributed by atoms with Crippen molar-refractivity contribution in [3.63, 3.8) is 0 Å². The maximum absolute atomic E-state index is 12.7. The van der Waals surface area contributed by atoms with E-state index in [-0.39, 0.29) is 83.5 Å². The second kappa shape index (κ2) is 22.8. The van der Waals surface area contributed by atoms with Crippen molar-refractivity contribution in [1.29, 1.82) is 10.5 Å². The van der Waals surface area contributed by atoms with Gasteiger partial charge in [-0.1, -0.05) is 35.5 Å². The largest absolute Gasteiger partial charge is 0.490 e. The van der Waals surface area contributed by atoms with Crippen LogP contribution in [-0.4, -0.2) is 78.2 Å². The summed E-state index contributed by atoms with van der Waals surface area (Å²) in [5.41, 5.74) is 18.9. The van der Waals surface area contributed by atoms with E-state index < -0.39 is 48.5 Å². The Bertz CT molecular complexity index is 2110. The average molecular weight is 863 g/mol. The van der Waals surface area contributed by atoms with Gasteiger partial charge < -0.3 is 46.5 Å². The number of carbonyl (C=O) groups is 4. The monoisotopic (exact) mass is 861 g/mol. The van der Waals surface area contributed by atoms with Gasteiger partial charge in [-0.2, -0.15) is 10.5 Å². The minimum Gasteiger partial charge on any atom is -0.490 e. The number of nitrogens with two attached hydrogens (primary N) is 3. The average Bonchev–Trinajstić information content (AvgIpc) is 3.66. The van der Waals surface area contributed by atoms with Crippen LogP contribution in [0.15, 0.2) is 64.2 Å².